The van der Waals surface area contributed by atoms with Gasteiger partial charge in [0.2, 0.25) is 5.95 Å². The zero-order chi connectivity index (χ0) is 27.9. The second kappa shape index (κ2) is 11.2. The van der Waals surface area contributed by atoms with Crippen LogP contribution in [0.1, 0.15) is 18.4 Å². The Labute approximate surface area is 240 Å². The number of hydrogen-bond donors (Lipinski definition) is 2. The third-order valence-corrected chi connectivity index (χ3v) is 9.77. The molecule has 1 aromatic heterocycles. The Morgan fingerprint density at radius 3 is 2.67 bits per heavy atom. The van der Waals surface area contributed by atoms with Crippen LogP contribution >= 0.6 is 18.7 Å². The monoisotopic (exact) mass is 582 g/mol. The van der Waals surface area contributed by atoms with Crippen LogP contribution < -0.4 is 25.6 Å². The minimum Gasteiger partial charge on any atom is -0.489 e. The molecule has 4 heterocycles. The van der Waals surface area contributed by atoms with Gasteiger partial charge in [0.25, 0.3) is 0 Å². The standard InChI is InChI=1S/C29H36ClN6O3P/c1-19-14-20(15-25-27(19)36-11-10-35(17-22(36)18-39-25)21-8-12-38-13-9-21)32-29-31-16-23(30)28(34-29)33-24-6-4-5-7-26(24)40(2,3)37/h4-7,14-16,21-22H,8-13,17-18H2,1-3H3,(H2,31,32,33,34)/t22-/m1/s1. The topological polar surface area (TPSA) is 91.8 Å². The van der Waals surface area contributed by atoms with Gasteiger partial charge in [0.15, 0.2) is 5.82 Å². The Bertz CT molecular complexity index is 1440. The van der Waals surface area contributed by atoms with Crippen LogP contribution in [0.5, 0.6) is 5.75 Å². The summed E-state index contributed by atoms with van der Waals surface area (Å²) in [7, 11) is -2.50. The first-order valence-electron chi connectivity index (χ1n) is 13.8. The summed E-state index contributed by atoms with van der Waals surface area (Å²) in [6.07, 6.45) is 3.79. The summed E-state index contributed by atoms with van der Waals surface area (Å²) in [4.78, 5) is 14.2. The van der Waals surface area contributed by atoms with Gasteiger partial charge in [-0.25, -0.2) is 4.98 Å². The van der Waals surface area contributed by atoms with Crippen molar-refractivity contribution in [3.8, 4) is 5.75 Å². The molecule has 0 spiro atoms. The van der Waals surface area contributed by atoms with Crippen molar-refractivity contribution < 1.29 is 14.0 Å². The summed E-state index contributed by atoms with van der Waals surface area (Å²) in [5, 5.41) is 7.69. The summed E-state index contributed by atoms with van der Waals surface area (Å²) in [5.41, 5.74) is 3.88. The summed E-state index contributed by atoms with van der Waals surface area (Å²) in [6.45, 7) is 11.1. The maximum absolute atomic E-state index is 12.8. The first-order chi connectivity index (χ1) is 19.3. The van der Waals surface area contributed by atoms with Gasteiger partial charge in [-0.3, -0.25) is 4.90 Å². The van der Waals surface area contributed by atoms with Crippen LogP contribution in [0.3, 0.4) is 0 Å². The van der Waals surface area contributed by atoms with E-state index in [0.717, 1.165) is 68.0 Å². The third kappa shape index (κ3) is 5.66. The first kappa shape index (κ1) is 27.3. The molecule has 3 aromatic rings. The molecule has 2 aromatic carbocycles. The minimum absolute atomic E-state index is 0.347. The molecule has 0 radical (unpaired) electrons. The third-order valence-electron chi connectivity index (χ3n) is 7.94. The van der Waals surface area contributed by atoms with E-state index in [9.17, 15) is 4.57 Å². The molecule has 0 bridgehead atoms. The smallest absolute Gasteiger partial charge is 0.229 e. The van der Waals surface area contributed by atoms with Crippen LogP contribution in [-0.2, 0) is 9.30 Å². The number of rotatable bonds is 6. The van der Waals surface area contributed by atoms with Crippen LogP contribution in [0.4, 0.5) is 28.8 Å². The summed E-state index contributed by atoms with van der Waals surface area (Å²) in [6, 6.07) is 12.6. The van der Waals surface area contributed by atoms with Crippen molar-refractivity contribution in [2.24, 2.45) is 0 Å². The van der Waals surface area contributed by atoms with E-state index in [2.05, 4.69) is 43.4 Å². The fourth-order valence-electron chi connectivity index (χ4n) is 6.00. The van der Waals surface area contributed by atoms with Crippen LogP contribution in [-0.4, -0.2) is 79.7 Å². The van der Waals surface area contributed by atoms with E-state index in [-0.39, 0.29) is 0 Å². The molecule has 40 heavy (non-hydrogen) atoms. The van der Waals surface area contributed by atoms with E-state index in [4.69, 9.17) is 21.1 Å². The lowest BCUT2D eigenvalue weighted by Gasteiger charge is -2.48. The number of piperazine rings is 1. The van der Waals surface area contributed by atoms with Crippen molar-refractivity contribution in [2.45, 2.75) is 31.8 Å². The van der Waals surface area contributed by atoms with Gasteiger partial charge in [-0.15, -0.1) is 0 Å². The molecule has 2 N–H and O–H groups in total. The van der Waals surface area contributed by atoms with E-state index >= 15 is 0 Å². The molecule has 0 unspecified atom stereocenters. The second-order valence-corrected chi connectivity index (χ2v) is 14.7. The Morgan fingerprint density at radius 2 is 1.88 bits per heavy atom. The first-order valence-corrected chi connectivity index (χ1v) is 16.8. The summed E-state index contributed by atoms with van der Waals surface area (Å²) >= 11 is 6.44. The number of hydrogen-bond acceptors (Lipinski definition) is 9. The molecule has 1 atom stereocenters. The van der Waals surface area contributed by atoms with Crippen LogP contribution in [0.15, 0.2) is 42.6 Å². The van der Waals surface area contributed by atoms with Crippen molar-refractivity contribution in [1.29, 1.82) is 0 Å². The van der Waals surface area contributed by atoms with Crippen molar-refractivity contribution in [3.63, 3.8) is 0 Å². The highest BCUT2D eigenvalue weighted by Crippen LogP contribution is 2.42. The highest BCUT2D eigenvalue weighted by molar-refractivity contribution is 7.70. The lowest BCUT2D eigenvalue weighted by atomic mass is 10.0. The molecule has 2 saturated heterocycles. The number of halogens is 1. The van der Waals surface area contributed by atoms with Crippen LogP contribution in [0.2, 0.25) is 5.02 Å². The molecular weight excluding hydrogens is 547 g/mol. The largest absolute Gasteiger partial charge is 0.489 e. The zero-order valence-corrected chi connectivity index (χ0v) is 24.8. The quantitative estimate of drug-likeness (QED) is 0.379. The molecule has 9 nitrogen and oxygen atoms in total. The Morgan fingerprint density at radius 1 is 1.07 bits per heavy atom. The van der Waals surface area contributed by atoms with Crippen molar-refractivity contribution in [3.05, 3.63) is 53.2 Å². The molecule has 0 amide bonds. The van der Waals surface area contributed by atoms with Gasteiger partial charge in [-0.1, -0.05) is 23.7 Å². The Hall–Kier alpha value is -2.84. The number of aromatic nitrogens is 2. The average molecular weight is 583 g/mol. The summed E-state index contributed by atoms with van der Waals surface area (Å²) < 4.78 is 24.7. The highest BCUT2D eigenvalue weighted by Gasteiger charge is 2.36. The number of fused-ring (bicyclic) bond motifs is 3. The normalized spacial score (nSPS) is 19.9. The summed E-state index contributed by atoms with van der Waals surface area (Å²) in [5.74, 6) is 1.72. The maximum atomic E-state index is 12.8. The zero-order valence-electron chi connectivity index (χ0n) is 23.2. The van der Waals surface area contributed by atoms with E-state index in [1.54, 1.807) is 19.5 Å². The predicted molar refractivity (Wildman–Crippen MR) is 162 cm³/mol. The molecule has 3 aliphatic heterocycles. The molecule has 212 valence electrons. The SMILES string of the molecule is Cc1cc(Nc2ncc(Cl)c(Nc3ccccc3P(C)(C)=O)n2)cc2c1N1CCN(C3CCOCC3)C[C@@H]1CO2. The van der Waals surface area contributed by atoms with Gasteiger partial charge in [0.05, 0.1) is 23.6 Å². The highest BCUT2D eigenvalue weighted by atomic mass is 35.5. The Kier molecular flexibility index (Phi) is 7.66. The molecule has 3 aliphatic rings. The fourth-order valence-corrected chi connectivity index (χ4v) is 7.30. The van der Waals surface area contributed by atoms with Crippen molar-refractivity contribution in [2.75, 3.05) is 68.3 Å². The van der Waals surface area contributed by atoms with Gasteiger partial charge in [0, 0.05) is 55.9 Å². The van der Waals surface area contributed by atoms with Gasteiger partial charge >= 0.3 is 0 Å². The van der Waals surface area contributed by atoms with Crippen molar-refractivity contribution >= 4 is 52.9 Å². The second-order valence-electron chi connectivity index (χ2n) is 11.1. The van der Waals surface area contributed by atoms with Gasteiger partial charge in [-0.2, -0.15) is 4.98 Å². The van der Waals surface area contributed by atoms with Crippen LogP contribution in [0, 0.1) is 6.92 Å². The fraction of sp³-hybridized carbons (Fsp3) is 0.448. The molecule has 11 heteroatoms. The number of ether oxygens (including phenoxy) is 2. The lowest BCUT2D eigenvalue weighted by Crippen LogP contribution is -2.60. The lowest BCUT2D eigenvalue weighted by molar-refractivity contribution is 0.0231. The molecule has 2 fully saturated rings. The Balaban J connectivity index is 1.19. The number of aryl methyl sites for hydroxylation is 1. The van der Waals surface area contributed by atoms with Gasteiger partial charge < -0.3 is 29.6 Å². The van der Waals surface area contributed by atoms with E-state index in [1.165, 1.54) is 5.69 Å². The van der Waals surface area contributed by atoms with E-state index in [0.29, 0.717) is 41.2 Å². The maximum Gasteiger partial charge on any atom is 0.229 e. The number of para-hydroxylation sites is 1. The number of benzene rings is 2. The van der Waals surface area contributed by atoms with Crippen LogP contribution in [0.25, 0.3) is 0 Å². The molecule has 0 aliphatic carbocycles. The van der Waals surface area contributed by atoms with E-state index < -0.39 is 7.14 Å². The van der Waals surface area contributed by atoms with E-state index in [1.807, 2.05) is 30.3 Å². The number of anilines is 5. The van der Waals surface area contributed by atoms with Gasteiger partial charge in [-0.05, 0) is 56.9 Å². The molecular formula is C29H36ClN6O3P. The predicted octanol–water partition coefficient (Wildman–Crippen LogP) is 5.24. The average Bonchev–Trinajstić information content (AvgIpc) is 2.94. The minimum atomic E-state index is -2.50. The number of nitrogens with zero attached hydrogens (tertiary/aromatic N) is 4. The molecule has 6 rings (SSSR count). The number of nitrogens with one attached hydrogen (secondary N) is 2. The molecule has 0 saturated carbocycles. The van der Waals surface area contributed by atoms with Gasteiger partial charge in [0.1, 0.15) is 24.5 Å². The van der Waals surface area contributed by atoms with Crippen molar-refractivity contribution in [1.82, 2.24) is 14.9 Å².